The van der Waals surface area contributed by atoms with Gasteiger partial charge in [-0.3, -0.25) is 9.59 Å². The lowest BCUT2D eigenvalue weighted by atomic mass is 9.89. The van der Waals surface area contributed by atoms with Gasteiger partial charge in [0.2, 0.25) is 10.0 Å². The van der Waals surface area contributed by atoms with Gasteiger partial charge in [-0.2, -0.15) is 0 Å². The van der Waals surface area contributed by atoms with Crippen LogP contribution in [0.5, 0.6) is 0 Å². The van der Waals surface area contributed by atoms with Crippen LogP contribution in [-0.4, -0.2) is 33.3 Å². The molecule has 8 heteroatoms. The minimum atomic E-state index is -3.69. The number of hydrogen-bond donors (Lipinski definition) is 1. The predicted molar refractivity (Wildman–Crippen MR) is 89.1 cm³/mol. The molecule has 2 rings (SSSR count). The molecule has 1 aromatic rings. The van der Waals surface area contributed by atoms with E-state index in [0.29, 0.717) is 17.0 Å². The fourth-order valence-electron chi connectivity index (χ4n) is 2.44. The van der Waals surface area contributed by atoms with Crippen LogP contribution in [0, 0.1) is 0 Å². The van der Waals surface area contributed by atoms with E-state index < -0.39 is 22.0 Å². The highest BCUT2D eigenvalue weighted by molar-refractivity contribution is 7.89. The Hall–Kier alpha value is -1.70. The number of carbonyl (C=O) groups is 2. The van der Waals surface area contributed by atoms with Crippen molar-refractivity contribution in [2.75, 3.05) is 7.11 Å². The maximum atomic E-state index is 12.4. The molecule has 1 aromatic carbocycles. The van der Waals surface area contributed by atoms with Crippen LogP contribution in [0.1, 0.15) is 25.7 Å². The number of halogens is 1. The molecule has 1 aliphatic rings. The lowest BCUT2D eigenvalue weighted by Crippen LogP contribution is -2.38. The van der Waals surface area contributed by atoms with Crippen LogP contribution in [0.3, 0.4) is 0 Å². The smallest absolute Gasteiger partial charge is 0.309 e. The molecule has 0 heterocycles. The van der Waals surface area contributed by atoms with Crippen molar-refractivity contribution in [2.24, 2.45) is 0 Å². The molecule has 1 N–H and O–H groups in total. The molecular weight excluding hydrogens is 354 g/mol. The summed E-state index contributed by atoms with van der Waals surface area (Å²) in [7, 11) is -2.42. The molecule has 1 fully saturated rings. The number of esters is 1. The van der Waals surface area contributed by atoms with Crippen molar-refractivity contribution in [3.05, 3.63) is 40.9 Å². The highest BCUT2D eigenvalue weighted by atomic mass is 35.5. The maximum Gasteiger partial charge on any atom is 0.309 e. The van der Waals surface area contributed by atoms with Crippen molar-refractivity contribution in [1.82, 2.24) is 4.72 Å². The normalized spacial score (nSPS) is 20.2. The number of carbonyl (C=O) groups excluding carboxylic acids is 2. The molecule has 0 amide bonds. The van der Waals surface area contributed by atoms with E-state index in [0.717, 1.165) is 0 Å². The third-order valence-corrected chi connectivity index (χ3v) is 5.52. The van der Waals surface area contributed by atoms with Crippen LogP contribution in [0.2, 0.25) is 5.02 Å². The summed E-state index contributed by atoms with van der Waals surface area (Å²) in [5.41, 5.74) is 0.454. The fraction of sp³-hybridized carbons (Fsp3) is 0.375. The number of Topliss-reactive ketones (excluding diaryl/α,β-unsaturated/α-hetero) is 1. The summed E-state index contributed by atoms with van der Waals surface area (Å²) in [5.74, 6) is -0.514. The maximum absolute atomic E-state index is 12.4. The number of ketones is 1. The molecule has 130 valence electrons. The quantitative estimate of drug-likeness (QED) is 0.633. The summed E-state index contributed by atoms with van der Waals surface area (Å²) in [4.78, 5) is 23.2. The van der Waals surface area contributed by atoms with E-state index in [1.54, 1.807) is 0 Å². The van der Waals surface area contributed by atoms with E-state index in [2.05, 4.69) is 9.46 Å². The Balaban J connectivity index is 2.08. The zero-order chi connectivity index (χ0) is 17.7. The SMILES string of the molecule is COC(=O)C/C=C1/CC(NS(=O)(=O)c2ccc(Cl)cc2)CCC1=O. The zero-order valence-corrected chi connectivity index (χ0v) is 14.7. The molecule has 0 bridgehead atoms. The Morgan fingerprint density at radius 2 is 2.04 bits per heavy atom. The van der Waals surface area contributed by atoms with Gasteiger partial charge < -0.3 is 4.74 Å². The molecule has 1 atom stereocenters. The first-order valence-corrected chi connectivity index (χ1v) is 9.25. The number of rotatable bonds is 5. The molecule has 0 aromatic heterocycles. The average molecular weight is 372 g/mol. The van der Waals surface area contributed by atoms with Crippen molar-refractivity contribution in [1.29, 1.82) is 0 Å². The van der Waals surface area contributed by atoms with Crippen molar-refractivity contribution >= 4 is 33.4 Å². The van der Waals surface area contributed by atoms with E-state index in [9.17, 15) is 18.0 Å². The summed E-state index contributed by atoms with van der Waals surface area (Å²) in [5, 5.41) is 0.449. The summed E-state index contributed by atoms with van der Waals surface area (Å²) in [6.07, 6.45) is 2.41. The van der Waals surface area contributed by atoms with Crippen LogP contribution in [0.25, 0.3) is 0 Å². The minimum absolute atomic E-state index is 0.00573. The second-order valence-corrected chi connectivity index (χ2v) is 7.60. The van der Waals surface area contributed by atoms with Gasteiger partial charge in [0.25, 0.3) is 0 Å². The lowest BCUT2D eigenvalue weighted by molar-refractivity contribution is -0.139. The first kappa shape index (κ1) is 18.6. The molecule has 1 unspecified atom stereocenters. The number of hydrogen-bond acceptors (Lipinski definition) is 5. The topological polar surface area (TPSA) is 89.5 Å². The monoisotopic (exact) mass is 371 g/mol. The van der Waals surface area contributed by atoms with E-state index in [1.165, 1.54) is 37.5 Å². The van der Waals surface area contributed by atoms with Crippen LogP contribution in [-0.2, 0) is 24.3 Å². The standard InChI is InChI=1S/C16H18ClNO5S/c1-23-16(20)9-2-11-10-13(5-8-15(11)19)18-24(21,22)14-6-3-12(17)4-7-14/h2-4,6-7,13,18H,5,8-10H2,1H3/b11-2-. The molecule has 0 radical (unpaired) electrons. The van der Waals surface area contributed by atoms with Gasteiger partial charge in [0.15, 0.2) is 5.78 Å². The number of nitrogens with one attached hydrogen (secondary N) is 1. The van der Waals surface area contributed by atoms with Gasteiger partial charge in [-0.25, -0.2) is 13.1 Å². The second kappa shape index (κ2) is 7.92. The number of ether oxygens (including phenoxy) is 1. The number of methoxy groups -OCH3 is 1. The third-order valence-electron chi connectivity index (χ3n) is 3.73. The van der Waals surface area contributed by atoms with Gasteiger partial charge >= 0.3 is 5.97 Å². The first-order valence-electron chi connectivity index (χ1n) is 7.39. The van der Waals surface area contributed by atoms with Crippen molar-refractivity contribution < 1.29 is 22.7 Å². The summed E-state index contributed by atoms with van der Waals surface area (Å²) >= 11 is 5.76. The molecule has 0 aliphatic heterocycles. The summed E-state index contributed by atoms with van der Waals surface area (Å²) in [6.45, 7) is 0. The lowest BCUT2D eigenvalue weighted by Gasteiger charge is -2.24. The van der Waals surface area contributed by atoms with Crippen LogP contribution < -0.4 is 4.72 Å². The molecule has 0 spiro atoms. The predicted octanol–water partition coefficient (Wildman–Crippen LogP) is 2.23. The van der Waals surface area contributed by atoms with Gasteiger partial charge in [0.1, 0.15) is 0 Å². The Bertz CT molecular complexity index is 755. The Labute approximate surface area is 145 Å². The Kier molecular flexibility index (Phi) is 6.15. The largest absolute Gasteiger partial charge is 0.469 e. The zero-order valence-electron chi connectivity index (χ0n) is 13.1. The summed E-state index contributed by atoms with van der Waals surface area (Å²) < 4.78 is 31.9. The average Bonchev–Trinajstić information content (AvgIpc) is 2.55. The van der Waals surface area contributed by atoms with Gasteiger partial charge in [-0.1, -0.05) is 17.7 Å². The Morgan fingerprint density at radius 3 is 2.67 bits per heavy atom. The van der Waals surface area contributed by atoms with Gasteiger partial charge in [-0.15, -0.1) is 0 Å². The third kappa shape index (κ3) is 4.90. The van der Waals surface area contributed by atoms with Crippen LogP contribution in [0.4, 0.5) is 0 Å². The highest BCUT2D eigenvalue weighted by Gasteiger charge is 2.27. The molecule has 6 nitrogen and oxygen atoms in total. The highest BCUT2D eigenvalue weighted by Crippen LogP contribution is 2.23. The van der Waals surface area contributed by atoms with Crippen molar-refractivity contribution in [3.8, 4) is 0 Å². The summed E-state index contributed by atoms with van der Waals surface area (Å²) in [6, 6.07) is 5.45. The van der Waals surface area contributed by atoms with E-state index in [4.69, 9.17) is 11.6 Å². The van der Waals surface area contributed by atoms with Crippen molar-refractivity contribution in [2.45, 2.75) is 36.6 Å². The molecule has 24 heavy (non-hydrogen) atoms. The second-order valence-electron chi connectivity index (χ2n) is 5.45. The molecular formula is C16H18ClNO5S. The Morgan fingerprint density at radius 1 is 1.38 bits per heavy atom. The number of sulfonamides is 1. The van der Waals surface area contributed by atoms with Crippen LogP contribution >= 0.6 is 11.6 Å². The molecule has 1 saturated carbocycles. The fourth-order valence-corrected chi connectivity index (χ4v) is 3.83. The van der Waals surface area contributed by atoms with E-state index in [-0.39, 0.29) is 29.9 Å². The first-order chi connectivity index (χ1) is 11.3. The van der Waals surface area contributed by atoms with Gasteiger partial charge in [0.05, 0.1) is 18.4 Å². The van der Waals surface area contributed by atoms with E-state index >= 15 is 0 Å². The number of benzene rings is 1. The molecule has 0 saturated heterocycles. The van der Waals surface area contributed by atoms with Gasteiger partial charge in [-0.05, 0) is 42.7 Å². The van der Waals surface area contributed by atoms with Crippen molar-refractivity contribution in [3.63, 3.8) is 0 Å². The van der Waals surface area contributed by atoms with Crippen LogP contribution in [0.15, 0.2) is 40.8 Å². The molecule has 1 aliphatic carbocycles. The minimum Gasteiger partial charge on any atom is -0.469 e. The van der Waals surface area contributed by atoms with E-state index in [1.807, 2.05) is 0 Å². The van der Waals surface area contributed by atoms with Gasteiger partial charge in [0, 0.05) is 17.5 Å².